The van der Waals surface area contributed by atoms with Gasteiger partial charge in [-0.25, -0.2) is 4.79 Å². The molecule has 0 saturated carbocycles. The van der Waals surface area contributed by atoms with Crippen LogP contribution in [0.5, 0.6) is 0 Å². The van der Waals surface area contributed by atoms with Crippen molar-refractivity contribution in [2.75, 3.05) is 0 Å². The molecule has 0 aliphatic carbocycles. The van der Waals surface area contributed by atoms with E-state index in [1.165, 1.54) is 6.92 Å². The summed E-state index contributed by atoms with van der Waals surface area (Å²) < 4.78 is 4.71. The van der Waals surface area contributed by atoms with Crippen molar-refractivity contribution in [2.45, 2.75) is 19.1 Å². The molecule has 86 valence electrons. The molecule has 1 unspecified atom stereocenters. The number of carbonyl (C=O) groups is 2. The second-order valence-corrected chi connectivity index (χ2v) is 3.67. The van der Waals surface area contributed by atoms with Gasteiger partial charge in [0, 0.05) is 0 Å². The summed E-state index contributed by atoms with van der Waals surface area (Å²) in [5.41, 5.74) is 0.423. The molecule has 1 aromatic rings. The third-order valence-corrected chi connectivity index (χ3v) is 2.34. The van der Waals surface area contributed by atoms with E-state index >= 15 is 0 Å². The van der Waals surface area contributed by atoms with E-state index in [4.69, 9.17) is 4.74 Å². The van der Waals surface area contributed by atoms with E-state index in [0.29, 0.717) is 5.56 Å². The summed E-state index contributed by atoms with van der Waals surface area (Å²) in [5.74, 6) is -0.860. The molecule has 5 heteroatoms. The molecule has 0 aliphatic heterocycles. The summed E-state index contributed by atoms with van der Waals surface area (Å²) in [6, 6.07) is 8.34. The Morgan fingerprint density at radius 1 is 1.31 bits per heavy atom. The zero-order chi connectivity index (χ0) is 12.1. The quantitative estimate of drug-likeness (QED) is 0.611. The Labute approximate surface area is 98.6 Å². The van der Waals surface area contributed by atoms with Gasteiger partial charge < -0.3 is 9.84 Å². The summed E-state index contributed by atoms with van der Waals surface area (Å²) in [4.78, 5) is 22.1. The van der Waals surface area contributed by atoms with Gasteiger partial charge in [-0.2, -0.15) is 0 Å². The normalized spacial score (nSPS) is 13.9. The maximum absolute atomic E-state index is 11.4. The van der Waals surface area contributed by atoms with E-state index in [0.717, 1.165) is 0 Å². The molecule has 0 fully saturated rings. The first-order chi connectivity index (χ1) is 7.52. The predicted molar refractivity (Wildman–Crippen MR) is 60.9 cm³/mol. The van der Waals surface area contributed by atoms with Gasteiger partial charge >= 0.3 is 5.97 Å². The number of benzene rings is 1. The van der Waals surface area contributed by atoms with Crippen molar-refractivity contribution in [1.29, 1.82) is 0 Å². The molecule has 0 amide bonds. The van der Waals surface area contributed by atoms with Crippen LogP contribution < -0.4 is 0 Å². The van der Waals surface area contributed by atoms with Crippen molar-refractivity contribution in [3.63, 3.8) is 0 Å². The van der Waals surface area contributed by atoms with Crippen LogP contribution in [0.3, 0.4) is 0 Å². The lowest BCUT2D eigenvalue weighted by molar-refractivity contribution is -0.160. The van der Waals surface area contributed by atoms with Gasteiger partial charge in [-0.05, 0) is 12.5 Å². The number of esters is 1. The third kappa shape index (κ3) is 3.36. The van der Waals surface area contributed by atoms with Crippen LogP contribution in [-0.4, -0.2) is 22.3 Å². The topological polar surface area (TPSA) is 63.6 Å². The van der Waals surface area contributed by atoms with E-state index < -0.39 is 23.3 Å². The van der Waals surface area contributed by atoms with Gasteiger partial charge in [-0.1, -0.05) is 30.3 Å². The Morgan fingerprint density at radius 2 is 1.88 bits per heavy atom. The number of carbonyl (C=O) groups excluding carboxylic acids is 2. The summed E-state index contributed by atoms with van der Waals surface area (Å²) in [6.07, 6.45) is -2.34. The molecule has 2 atom stereocenters. The molecule has 0 bridgehead atoms. The number of aliphatic hydroxyl groups is 1. The van der Waals surface area contributed by atoms with Gasteiger partial charge in [0.25, 0.3) is 0 Å². The molecule has 0 heterocycles. The van der Waals surface area contributed by atoms with Crippen molar-refractivity contribution in [1.82, 2.24) is 0 Å². The standard InChI is InChI=1S/C11H12O4S/c1-7(11(14)16)15-10(13)9(12)8-5-3-2-4-6-8/h2-7,9,12H,1H3,(H,14,16)/t7?,9-/m0/s1. The number of hydrogen-bond donors (Lipinski definition) is 2. The number of ether oxygens (including phenoxy) is 1. The first-order valence-electron chi connectivity index (χ1n) is 4.68. The van der Waals surface area contributed by atoms with Crippen LogP contribution in [0.15, 0.2) is 30.3 Å². The lowest BCUT2D eigenvalue weighted by Crippen LogP contribution is -2.24. The first kappa shape index (κ1) is 12.7. The van der Waals surface area contributed by atoms with E-state index in [1.807, 2.05) is 0 Å². The largest absolute Gasteiger partial charge is 0.452 e. The molecule has 16 heavy (non-hydrogen) atoms. The number of hydrogen-bond acceptors (Lipinski definition) is 4. The lowest BCUT2D eigenvalue weighted by Gasteiger charge is -2.13. The fourth-order valence-corrected chi connectivity index (χ4v) is 1.11. The lowest BCUT2D eigenvalue weighted by atomic mass is 10.1. The molecule has 4 nitrogen and oxygen atoms in total. The molecule has 0 aliphatic rings. The van der Waals surface area contributed by atoms with Gasteiger partial charge in [0.05, 0.1) is 0 Å². The van der Waals surface area contributed by atoms with Crippen molar-refractivity contribution < 1.29 is 19.4 Å². The van der Waals surface area contributed by atoms with Gasteiger partial charge in [-0.15, -0.1) is 12.6 Å². The van der Waals surface area contributed by atoms with Crippen molar-refractivity contribution in [3.8, 4) is 0 Å². The minimum atomic E-state index is -1.38. The highest BCUT2D eigenvalue weighted by molar-refractivity contribution is 7.96. The second-order valence-electron chi connectivity index (χ2n) is 3.23. The molecule has 1 N–H and O–H groups in total. The van der Waals surface area contributed by atoms with Gasteiger partial charge in [-0.3, -0.25) is 4.79 Å². The fourth-order valence-electron chi connectivity index (χ4n) is 1.06. The monoisotopic (exact) mass is 240 g/mol. The number of aliphatic hydroxyl groups excluding tert-OH is 1. The Balaban J connectivity index is 2.65. The van der Waals surface area contributed by atoms with Gasteiger partial charge in [0.15, 0.2) is 12.2 Å². The molecular formula is C11H12O4S. The fraction of sp³-hybridized carbons (Fsp3) is 0.273. The average molecular weight is 240 g/mol. The third-order valence-electron chi connectivity index (χ3n) is 1.98. The Bertz CT molecular complexity index is 377. The van der Waals surface area contributed by atoms with E-state index in [-0.39, 0.29) is 0 Å². The second kappa shape index (κ2) is 5.67. The number of rotatable bonds is 4. The Morgan fingerprint density at radius 3 is 2.38 bits per heavy atom. The molecule has 0 aromatic heterocycles. The molecule has 1 rings (SSSR count). The molecule has 1 aromatic carbocycles. The number of thiol groups is 1. The SMILES string of the molecule is CC(OC(=O)[C@@H](O)c1ccccc1)C(=O)S. The zero-order valence-corrected chi connectivity index (χ0v) is 9.56. The summed E-state index contributed by atoms with van der Waals surface area (Å²) >= 11 is 3.53. The van der Waals surface area contributed by atoms with Crippen molar-refractivity contribution >= 4 is 23.7 Å². The minimum Gasteiger partial charge on any atom is -0.452 e. The van der Waals surface area contributed by atoms with Crippen LogP contribution in [0.4, 0.5) is 0 Å². The zero-order valence-electron chi connectivity index (χ0n) is 8.66. The van der Waals surface area contributed by atoms with Crippen molar-refractivity contribution in [2.24, 2.45) is 0 Å². The van der Waals surface area contributed by atoms with Crippen LogP contribution in [0, 0.1) is 0 Å². The predicted octanol–water partition coefficient (Wildman–Crippen LogP) is 1.11. The highest BCUT2D eigenvalue weighted by Crippen LogP contribution is 2.14. The summed E-state index contributed by atoms with van der Waals surface area (Å²) in [7, 11) is 0. The van der Waals surface area contributed by atoms with E-state index in [1.54, 1.807) is 30.3 Å². The van der Waals surface area contributed by atoms with Crippen LogP contribution in [-0.2, 0) is 14.3 Å². The molecule has 0 radical (unpaired) electrons. The van der Waals surface area contributed by atoms with Gasteiger partial charge in [0.1, 0.15) is 0 Å². The van der Waals surface area contributed by atoms with E-state index in [2.05, 4.69) is 12.6 Å². The molecule has 0 spiro atoms. The summed E-state index contributed by atoms with van der Waals surface area (Å²) in [5, 5.41) is 9.05. The molecule has 0 saturated heterocycles. The van der Waals surface area contributed by atoms with Crippen LogP contribution in [0.2, 0.25) is 0 Å². The average Bonchev–Trinajstić information content (AvgIpc) is 2.28. The van der Waals surface area contributed by atoms with E-state index in [9.17, 15) is 14.7 Å². The smallest absolute Gasteiger partial charge is 0.340 e. The summed E-state index contributed by atoms with van der Waals surface area (Å²) in [6.45, 7) is 1.39. The highest BCUT2D eigenvalue weighted by atomic mass is 32.1. The maximum Gasteiger partial charge on any atom is 0.340 e. The van der Waals surface area contributed by atoms with Crippen molar-refractivity contribution in [3.05, 3.63) is 35.9 Å². The Hall–Kier alpha value is -1.33. The minimum absolute atomic E-state index is 0.423. The van der Waals surface area contributed by atoms with Crippen LogP contribution >= 0.6 is 12.6 Å². The van der Waals surface area contributed by atoms with Gasteiger partial charge in [0.2, 0.25) is 5.12 Å². The molecular weight excluding hydrogens is 228 g/mol. The Kier molecular flexibility index (Phi) is 4.52. The van der Waals surface area contributed by atoms with Crippen LogP contribution in [0.1, 0.15) is 18.6 Å². The maximum atomic E-state index is 11.4. The first-order valence-corrected chi connectivity index (χ1v) is 5.13. The highest BCUT2D eigenvalue weighted by Gasteiger charge is 2.22. The van der Waals surface area contributed by atoms with Crippen LogP contribution in [0.25, 0.3) is 0 Å².